The molecule has 1 saturated carbocycles. The Bertz CT molecular complexity index is 337. The van der Waals surface area contributed by atoms with Crippen LogP contribution in [0.3, 0.4) is 0 Å². The van der Waals surface area contributed by atoms with Crippen molar-refractivity contribution in [2.24, 2.45) is 5.92 Å². The minimum atomic E-state index is 0.595. The Hall–Kier alpha value is -0.280. The second kappa shape index (κ2) is 6.60. The third-order valence-corrected chi connectivity index (χ3v) is 4.38. The van der Waals surface area contributed by atoms with E-state index in [4.69, 9.17) is 4.42 Å². The first kappa shape index (κ1) is 13.2. The highest BCUT2D eigenvalue weighted by atomic mass is 79.9. The maximum absolute atomic E-state index is 5.67. The van der Waals surface area contributed by atoms with Crippen LogP contribution < -0.4 is 5.32 Å². The average molecular weight is 300 g/mol. The van der Waals surface area contributed by atoms with Crippen molar-refractivity contribution < 1.29 is 4.42 Å². The molecule has 1 aromatic heterocycles. The summed E-state index contributed by atoms with van der Waals surface area (Å²) in [6.07, 6.45) is 8.31. The maximum atomic E-state index is 5.67. The van der Waals surface area contributed by atoms with Crippen LogP contribution in [0.1, 0.15) is 50.7 Å². The zero-order valence-electron chi connectivity index (χ0n) is 10.5. The first-order valence-corrected chi connectivity index (χ1v) is 7.55. The Labute approximate surface area is 112 Å². The van der Waals surface area contributed by atoms with E-state index >= 15 is 0 Å². The molecule has 96 valence electrons. The van der Waals surface area contributed by atoms with Crippen LogP contribution in [0.2, 0.25) is 0 Å². The number of rotatable bonds is 5. The first-order chi connectivity index (χ1) is 8.33. The molecular formula is C14H22BrNO. The Morgan fingerprint density at radius 1 is 1.41 bits per heavy atom. The summed E-state index contributed by atoms with van der Waals surface area (Å²) in [7, 11) is 0. The molecule has 1 aliphatic rings. The van der Waals surface area contributed by atoms with Gasteiger partial charge in [-0.05, 0) is 60.3 Å². The summed E-state index contributed by atoms with van der Waals surface area (Å²) in [5.74, 6) is 2.49. The summed E-state index contributed by atoms with van der Waals surface area (Å²) in [6.45, 7) is 4.47. The number of hydrogen-bond donors (Lipinski definition) is 1. The number of nitrogens with one attached hydrogen (secondary N) is 1. The zero-order chi connectivity index (χ0) is 12.1. The third-order valence-electron chi connectivity index (χ3n) is 3.72. The van der Waals surface area contributed by atoms with Gasteiger partial charge in [-0.15, -0.1) is 0 Å². The smallest absolute Gasteiger partial charge is 0.121 e. The summed E-state index contributed by atoms with van der Waals surface area (Å²) in [5, 5.41) is 3.56. The molecule has 0 bridgehead atoms. The summed E-state index contributed by atoms with van der Waals surface area (Å²) >= 11 is 3.60. The molecule has 0 spiro atoms. The maximum Gasteiger partial charge on any atom is 0.121 e. The van der Waals surface area contributed by atoms with Gasteiger partial charge in [0.15, 0.2) is 0 Å². The van der Waals surface area contributed by atoms with E-state index in [0.717, 1.165) is 29.2 Å². The summed E-state index contributed by atoms with van der Waals surface area (Å²) in [6, 6.07) is 2.01. The molecule has 0 saturated heterocycles. The molecule has 2 atom stereocenters. The van der Waals surface area contributed by atoms with Crippen molar-refractivity contribution in [1.29, 1.82) is 0 Å². The van der Waals surface area contributed by atoms with Crippen molar-refractivity contribution in [1.82, 2.24) is 5.32 Å². The Kier molecular flexibility index (Phi) is 5.11. The molecular weight excluding hydrogens is 278 g/mol. The number of halogens is 1. The van der Waals surface area contributed by atoms with E-state index in [1.807, 2.05) is 6.07 Å². The van der Waals surface area contributed by atoms with Gasteiger partial charge in [0, 0.05) is 5.92 Å². The SMILES string of the molecule is CCCNCC1CCCCC1c1occc1Br. The fourth-order valence-electron chi connectivity index (χ4n) is 2.83. The van der Waals surface area contributed by atoms with Gasteiger partial charge in [0.25, 0.3) is 0 Å². The van der Waals surface area contributed by atoms with Crippen LogP contribution in [0, 0.1) is 5.92 Å². The lowest BCUT2D eigenvalue weighted by Gasteiger charge is -2.30. The van der Waals surface area contributed by atoms with E-state index in [-0.39, 0.29) is 0 Å². The van der Waals surface area contributed by atoms with Gasteiger partial charge in [0.1, 0.15) is 5.76 Å². The van der Waals surface area contributed by atoms with Gasteiger partial charge < -0.3 is 9.73 Å². The molecule has 0 aliphatic heterocycles. The van der Waals surface area contributed by atoms with Crippen LogP contribution in [-0.4, -0.2) is 13.1 Å². The molecule has 2 rings (SSSR count). The molecule has 1 aliphatic carbocycles. The van der Waals surface area contributed by atoms with Crippen molar-refractivity contribution in [2.45, 2.75) is 44.9 Å². The lowest BCUT2D eigenvalue weighted by atomic mass is 9.78. The van der Waals surface area contributed by atoms with E-state index in [1.165, 1.54) is 32.1 Å². The van der Waals surface area contributed by atoms with E-state index in [1.54, 1.807) is 6.26 Å². The molecule has 1 fully saturated rings. The van der Waals surface area contributed by atoms with Crippen molar-refractivity contribution in [3.05, 3.63) is 22.6 Å². The second-order valence-electron chi connectivity index (χ2n) is 4.99. The third kappa shape index (κ3) is 3.35. The highest BCUT2D eigenvalue weighted by Crippen LogP contribution is 2.40. The van der Waals surface area contributed by atoms with E-state index in [2.05, 4.69) is 28.2 Å². The van der Waals surface area contributed by atoms with Crippen LogP contribution in [0.4, 0.5) is 0 Å². The number of furan rings is 1. The lowest BCUT2D eigenvalue weighted by molar-refractivity contribution is 0.263. The van der Waals surface area contributed by atoms with Crippen molar-refractivity contribution in [3.8, 4) is 0 Å². The molecule has 2 nitrogen and oxygen atoms in total. The largest absolute Gasteiger partial charge is 0.468 e. The molecule has 0 amide bonds. The average Bonchev–Trinajstić information content (AvgIpc) is 2.76. The van der Waals surface area contributed by atoms with Gasteiger partial charge in [-0.25, -0.2) is 0 Å². The van der Waals surface area contributed by atoms with Gasteiger partial charge in [0.2, 0.25) is 0 Å². The van der Waals surface area contributed by atoms with Gasteiger partial charge in [-0.2, -0.15) is 0 Å². The lowest BCUT2D eigenvalue weighted by Crippen LogP contribution is -2.30. The molecule has 17 heavy (non-hydrogen) atoms. The normalized spacial score (nSPS) is 25.1. The minimum Gasteiger partial charge on any atom is -0.468 e. The Morgan fingerprint density at radius 2 is 2.24 bits per heavy atom. The molecule has 1 aromatic rings. The summed E-state index contributed by atoms with van der Waals surface area (Å²) in [5.41, 5.74) is 0. The van der Waals surface area contributed by atoms with Crippen LogP contribution in [-0.2, 0) is 0 Å². The van der Waals surface area contributed by atoms with Crippen LogP contribution >= 0.6 is 15.9 Å². The fraction of sp³-hybridized carbons (Fsp3) is 0.714. The van der Waals surface area contributed by atoms with Crippen LogP contribution in [0.5, 0.6) is 0 Å². The summed E-state index contributed by atoms with van der Waals surface area (Å²) in [4.78, 5) is 0. The first-order valence-electron chi connectivity index (χ1n) is 6.76. The Morgan fingerprint density at radius 3 is 2.94 bits per heavy atom. The van der Waals surface area contributed by atoms with E-state index < -0.39 is 0 Å². The fourth-order valence-corrected chi connectivity index (χ4v) is 3.33. The Balaban J connectivity index is 1.99. The molecule has 0 aromatic carbocycles. The molecule has 2 unspecified atom stereocenters. The number of hydrogen-bond acceptors (Lipinski definition) is 2. The highest BCUT2D eigenvalue weighted by Gasteiger charge is 2.29. The molecule has 1 heterocycles. The topological polar surface area (TPSA) is 25.2 Å². The van der Waals surface area contributed by atoms with E-state index in [0.29, 0.717) is 5.92 Å². The quantitative estimate of drug-likeness (QED) is 0.819. The summed E-state index contributed by atoms with van der Waals surface area (Å²) < 4.78 is 6.81. The van der Waals surface area contributed by atoms with Gasteiger partial charge in [-0.1, -0.05) is 19.8 Å². The predicted octanol–water partition coefficient (Wildman–Crippen LogP) is 4.32. The molecule has 1 N–H and O–H groups in total. The van der Waals surface area contributed by atoms with Crippen molar-refractivity contribution in [3.63, 3.8) is 0 Å². The molecule has 3 heteroatoms. The van der Waals surface area contributed by atoms with Crippen molar-refractivity contribution >= 4 is 15.9 Å². The monoisotopic (exact) mass is 299 g/mol. The van der Waals surface area contributed by atoms with Crippen molar-refractivity contribution in [2.75, 3.05) is 13.1 Å². The van der Waals surface area contributed by atoms with Gasteiger partial charge in [-0.3, -0.25) is 0 Å². The second-order valence-corrected chi connectivity index (χ2v) is 5.84. The standard InChI is InChI=1S/C14H22BrNO/c1-2-8-16-10-11-5-3-4-6-12(11)14-13(15)7-9-17-14/h7,9,11-12,16H,2-6,8,10H2,1H3. The van der Waals surface area contributed by atoms with Gasteiger partial charge in [0.05, 0.1) is 10.7 Å². The van der Waals surface area contributed by atoms with E-state index in [9.17, 15) is 0 Å². The van der Waals surface area contributed by atoms with Gasteiger partial charge >= 0.3 is 0 Å². The van der Waals surface area contributed by atoms with Crippen LogP contribution in [0.15, 0.2) is 21.2 Å². The highest BCUT2D eigenvalue weighted by molar-refractivity contribution is 9.10. The molecule has 0 radical (unpaired) electrons. The minimum absolute atomic E-state index is 0.595. The van der Waals surface area contributed by atoms with Crippen LogP contribution in [0.25, 0.3) is 0 Å². The predicted molar refractivity (Wildman–Crippen MR) is 74.3 cm³/mol. The zero-order valence-corrected chi connectivity index (χ0v) is 12.1.